The first kappa shape index (κ1) is 18.6. The number of ketones is 1. The van der Waals surface area contributed by atoms with E-state index < -0.39 is 0 Å². The topological polar surface area (TPSA) is 58.6 Å². The van der Waals surface area contributed by atoms with Crippen molar-refractivity contribution in [3.05, 3.63) is 35.9 Å². The maximum absolute atomic E-state index is 12.3. The number of amides is 1. The SMILES string of the molecule is CN1CCO[C@@H](CNC(=O)CC(C)(C)CC(=O)c2ccccc2)C1. The zero-order valence-electron chi connectivity index (χ0n) is 14.9. The van der Waals surface area contributed by atoms with Gasteiger partial charge in [0, 0.05) is 38.0 Å². The summed E-state index contributed by atoms with van der Waals surface area (Å²) >= 11 is 0. The molecule has 1 amide bonds. The molecule has 132 valence electrons. The van der Waals surface area contributed by atoms with Crippen molar-refractivity contribution in [2.45, 2.75) is 32.8 Å². The molecular weight excluding hydrogens is 304 g/mol. The predicted molar refractivity (Wildman–Crippen MR) is 94.0 cm³/mol. The highest BCUT2D eigenvalue weighted by molar-refractivity contribution is 5.96. The molecule has 24 heavy (non-hydrogen) atoms. The highest BCUT2D eigenvalue weighted by Gasteiger charge is 2.26. The van der Waals surface area contributed by atoms with E-state index >= 15 is 0 Å². The van der Waals surface area contributed by atoms with Crippen molar-refractivity contribution < 1.29 is 14.3 Å². The number of ether oxygens (including phenoxy) is 1. The number of nitrogens with one attached hydrogen (secondary N) is 1. The van der Waals surface area contributed by atoms with E-state index in [2.05, 4.69) is 17.3 Å². The summed E-state index contributed by atoms with van der Waals surface area (Å²) < 4.78 is 5.64. The van der Waals surface area contributed by atoms with E-state index in [4.69, 9.17) is 4.74 Å². The lowest BCUT2D eigenvalue weighted by Gasteiger charge is -2.30. The van der Waals surface area contributed by atoms with Crippen LogP contribution >= 0.6 is 0 Å². The molecule has 1 atom stereocenters. The quantitative estimate of drug-likeness (QED) is 0.777. The van der Waals surface area contributed by atoms with Gasteiger partial charge in [-0.15, -0.1) is 0 Å². The van der Waals surface area contributed by atoms with Crippen LogP contribution < -0.4 is 5.32 Å². The van der Waals surface area contributed by atoms with Crippen molar-refractivity contribution in [1.29, 1.82) is 0 Å². The summed E-state index contributed by atoms with van der Waals surface area (Å²) in [4.78, 5) is 26.7. The van der Waals surface area contributed by atoms with Gasteiger partial charge in [-0.05, 0) is 12.5 Å². The van der Waals surface area contributed by atoms with Crippen molar-refractivity contribution in [3.8, 4) is 0 Å². The van der Waals surface area contributed by atoms with Gasteiger partial charge < -0.3 is 15.0 Å². The van der Waals surface area contributed by atoms with Crippen molar-refractivity contribution in [3.63, 3.8) is 0 Å². The van der Waals surface area contributed by atoms with Crippen LogP contribution in [0.2, 0.25) is 0 Å². The van der Waals surface area contributed by atoms with Crippen molar-refractivity contribution in [2.75, 3.05) is 33.3 Å². The van der Waals surface area contributed by atoms with Crippen LogP contribution in [0.15, 0.2) is 30.3 Å². The average Bonchev–Trinajstić information content (AvgIpc) is 2.53. The van der Waals surface area contributed by atoms with E-state index in [0.717, 1.165) is 13.1 Å². The fourth-order valence-electron chi connectivity index (χ4n) is 2.94. The van der Waals surface area contributed by atoms with Gasteiger partial charge in [-0.25, -0.2) is 0 Å². The third-order valence-electron chi connectivity index (χ3n) is 4.24. The molecule has 0 saturated carbocycles. The number of hydrogen-bond acceptors (Lipinski definition) is 4. The molecule has 1 saturated heterocycles. The van der Waals surface area contributed by atoms with Gasteiger partial charge in [-0.3, -0.25) is 9.59 Å². The van der Waals surface area contributed by atoms with E-state index in [1.54, 1.807) is 0 Å². The number of benzene rings is 1. The number of morpholine rings is 1. The van der Waals surface area contributed by atoms with Gasteiger partial charge in [0.2, 0.25) is 5.91 Å². The molecule has 0 spiro atoms. The minimum atomic E-state index is -0.374. The summed E-state index contributed by atoms with van der Waals surface area (Å²) in [5.41, 5.74) is 0.325. The maximum Gasteiger partial charge on any atom is 0.220 e. The molecule has 1 aliphatic rings. The van der Waals surface area contributed by atoms with Gasteiger partial charge in [0.25, 0.3) is 0 Å². The fourth-order valence-corrected chi connectivity index (χ4v) is 2.94. The first-order valence-electron chi connectivity index (χ1n) is 8.51. The van der Waals surface area contributed by atoms with Crippen LogP contribution in [0.1, 0.15) is 37.0 Å². The molecule has 5 nitrogen and oxygen atoms in total. The molecule has 1 aliphatic heterocycles. The molecule has 1 fully saturated rings. The van der Waals surface area contributed by atoms with Gasteiger partial charge in [-0.1, -0.05) is 44.2 Å². The highest BCUT2D eigenvalue weighted by atomic mass is 16.5. The van der Waals surface area contributed by atoms with Gasteiger partial charge in [0.05, 0.1) is 12.7 Å². The largest absolute Gasteiger partial charge is 0.374 e. The molecule has 0 radical (unpaired) electrons. The Bertz CT molecular complexity index is 557. The minimum Gasteiger partial charge on any atom is -0.374 e. The van der Waals surface area contributed by atoms with E-state index in [-0.39, 0.29) is 23.2 Å². The second kappa shape index (κ2) is 8.40. The number of carbonyl (C=O) groups excluding carboxylic acids is 2. The van der Waals surface area contributed by atoms with Crippen molar-refractivity contribution >= 4 is 11.7 Å². The summed E-state index contributed by atoms with van der Waals surface area (Å²) in [5.74, 6) is 0.0447. The van der Waals surface area contributed by atoms with Crippen LogP contribution in [-0.4, -0.2) is 56.0 Å². The number of rotatable bonds is 7. The molecule has 0 aliphatic carbocycles. The Morgan fingerprint density at radius 2 is 1.96 bits per heavy atom. The summed E-state index contributed by atoms with van der Waals surface area (Å²) in [6.07, 6.45) is 0.725. The van der Waals surface area contributed by atoms with E-state index in [9.17, 15) is 9.59 Å². The molecule has 1 aromatic carbocycles. The fraction of sp³-hybridized carbons (Fsp3) is 0.579. The summed E-state index contributed by atoms with van der Waals surface area (Å²) in [5, 5.41) is 2.94. The zero-order chi connectivity index (χ0) is 17.6. The maximum atomic E-state index is 12.3. The molecule has 1 heterocycles. The molecule has 1 aromatic rings. The van der Waals surface area contributed by atoms with Crippen LogP contribution in [0.4, 0.5) is 0 Å². The van der Waals surface area contributed by atoms with Gasteiger partial charge in [0.1, 0.15) is 0 Å². The van der Waals surface area contributed by atoms with Crippen LogP contribution in [-0.2, 0) is 9.53 Å². The second-order valence-electron chi connectivity index (χ2n) is 7.37. The molecule has 0 bridgehead atoms. The molecular formula is C19H28N2O3. The van der Waals surface area contributed by atoms with Crippen molar-refractivity contribution in [2.24, 2.45) is 5.41 Å². The van der Waals surface area contributed by atoms with Crippen molar-refractivity contribution in [1.82, 2.24) is 10.2 Å². The van der Waals surface area contributed by atoms with E-state index in [1.807, 2.05) is 44.2 Å². The highest BCUT2D eigenvalue weighted by Crippen LogP contribution is 2.27. The van der Waals surface area contributed by atoms with E-state index in [0.29, 0.717) is 31.6 Å². The monoisotopic (exact) mass is 332 g/mol. The summed E-state index contributed by atoms with van der Waals surface area (Å²) in [6, 6.07) is 9.23. The third kappa shape index (κ3) is 6.06. The Balaban J connectivity index is 1.78. The molecule has 0 unspecified atom stereocenters. The van der Waals surface area contributed by atoms with Crippen LogP contribution in [0.5, 0.6) is 0 Å². The third-order valence-corrected chi connectivity index (χ3v) is 4.24. The lowest BCUT2D eigenvalue weighted by molar-refractivity contribution is -0.124. The normalized spacial score (nSPS) is 19.0. The lowest BCUT2D eigenvalue weighted by atomic mass is 9.82. The Morgan fingerprint density at radius 3 is 2.62 bits per heavy atom. The smallest absolute Gasteiger partial charge is 0.220 e. The summed E-state index contributed by atoms with van der Waals surface area (Å²) in [7, 11) is 2.05. The van der Waals surface area contributed by atoms with Crippen LogP contribution in [0.25, 0.3) is 0 Å². The standard InChI is InChI=1S/C19H28N2O3/c1-19(2,11-17(22)15-7-5-4-6-8-15)12-18(23)20-13-16-14-21(3)9-10-24-16/h4-8,16H,9-14H2,1-3H3,(H,20,23)/t16-/m0/s1. The van der Waals surface area contributed by atoms with Crippen LogP contribution in [0.3, 0.4) is 0 Å². The molecule has 0 aromatic heterocycles. The number of carbonyl (C=O) groups is 2. The number of nitrogens with zero attached hydrogens (tertiary/aromatic N) is 1. The second-order valence-corrected chi connectivity index (χ2v) is 7.37. The van der Waals surface area contributed by atoms with Crippen LogP contribution in [0, 0.1) is 5.41 Å². The Morgan fingerprint density at radius 1 is 1.25 bits per heavy atom. The molecule has 1 N–H and O–H groups in total. The van der Waals surface area contributed by atoms with E-state index in [1.165, 1.54) is 0 Å². The average molecular weight is 332 g/mol. The Kier molecular flexibility index (Phi) is 6.52. The minimum absolute atomic E-state index is 0.0299. The lowest BCUT2D eigenvalue weighted by Crippen LogP contribution is -2.46. The van der Waals surface area contributed by atoms with Gasteiger partial charge in [-0.2, -0.15) is 0 Å². The summed E-state index contributed by atoms with van der Waals surface area (Å²) in [6.45, 7) is 6.89. The number of likely N-dealkylation sites (N-methyl/N-ethyl adjacent to an activating group) is 1. The predicted octanol–water partition coefficient (Wildman–Crippen LogP) is 2.12. The van der Waals surface area contributed by atoms with Gasteiger partial charge in [0.15, 0.2) is 5.78 Å². The zero-order valence-corrected chi connectivity index (χ0v) is 14.9. The number of hydrogen-bond donors (Lipinski definition) is 1. The molecule has 5 heteroatoms. The number of Topliss-reactive ketones (excluding diaryl/α,β-unsaturated/α-hetero) is 1. The Hall–Kier alpha value is -1.72. The Labute approximate surface area is 144 Å². The van der Waals surface area contributed by atoms with Gasteiger partial charge >= 0.3 is 0 Å². The molecule has 2 rings (SSSR count). The first-order valence-corrected chi connectivity index (χ1v) is 8.51. The first-order chi connectivity index (χ1) is 11.4.